The number of likely N-dealkylation sites (tertiary alicyclic amines) is 1. The zero-order valence-corrected chi connectivity index (χ0v) is 11.8. The Labute approximate surface area is 107 Å². The first-order chi connectivity index (χ1) is 8.19. The molecule has 0 saturated carbocycles. The van der Waals surface area contributed by atoms with Gasteiger partial charge in [0.05, 0.1) is 6.54 Å². The molecule has 2 atom stereocenters. The number of rotatable bonds is 5. The molecule has 0 aliphatic carbocycles. The second-order valence-electron chi connectivity index (χ2n) is 5.05. The van der Waals surface area contributed by atoms with E-state index in [4.69, 9.17) is 0 Å². The average molecular weight is 254 g/mol. The highest BCUT2D eigenvalue weighted by Crippen LogP contribution is 2.25. The molecule has 0 amide bonds. The van der Waals surface area contributed by atoms with Crippen molar-refractivity contribution in [2.75, 3.05) is 18.4 Å². The number of hydrogen-bond acceptors (Lipinski definition) is 5. The first-order valence-corrected chi connectivity index (χ1v) is 7.31. The highest BCUT2D eigenvalue weighted by atomic mass is 32.1. The van der Waals surface area contributed by atoms with E-state index in [-0.39, 0.29) is 0 Å². The van der Waals surface area contributed by atoms with Crippen molar-refractivity contribution in [1.29, 1.82) is 0 Å². The molecule has 96 valence electrons. The van der Waals surface area contributed by atoms with Crippen LogP contribution in [-0.2, 0) is 6.54 Å². The summed E-state index contributed by atoms with van der Waals surface area (Å²) in [6, 6.07) is 0.681. The zero-order valence-electron chi connectivity index (χ0n) is 10.9. The lowest BCUT2D eigenvalue weighted by molar-refractivity contribution is 0.255. The Morgan fingerprint density at radius 1 is 1.41 bits per heavy atom. The average Bonchev–Trinajstić information content (AvgIpc) is 2.84. The molecule has 0 radical (unpaired) electrons. The van der Waals surface area contributed by atoms with Crippen molar-refractivity contribution < 1.29 is 0 Å². The van der Waals surface area contributed by atoms with Crippen molar-refractivity contribution in [2.45, 2.75) is 46.2 Å². The standard InChI is InChI=1S/C12H22N4S/c1-4-5-13-12-15-14-11(17-12)8-16-7-9(2)6-10(16)3/h9-10H,4-8H2,1-3H3,(H,13,15). The van der Waals surface area contributed by atoms with Crippen molar-refractivity contribution in [2.24, 2.45) is 5.92 Å². The van der Waals surface area contributed by atoms with Crippen LogP contribution in [0.15, 0.2) is 0 Å². The molecule has 2 unspecified atom stereocenters. The predicted octanol–water partition coefficient (Wildman–Crippen LogP) is 2.59. The smallest absolute Gasteiger partial charge is 0.205 e. The molecule has 1 N–H and O–H groups in total. The van der Waals surface area contributed by atoms with Crippen molar-refractivity contribution >= 4 is 16.5 Å². The highest BCUT2D eigenvalue weighted by molar-refractivity contribution is 7.15. The molecule has 1 fully saturated rings. The van der Waals surface area contributed by atoms with Crippen LogP contribution in [-0.4, -0.2) is 34.2 Å². The summed E-state index contributed by atoms with van der Waals surface area (Å²) in [5, 5.41) is 13.8. The minimum absolute atomic E-state index is 0.681. The number of anilines is 1. The van der Waals surface area contributed by atoms with Gasteiger partial charge in [0.25, 0.3) is 0 Å². The molecular formula is C12H22N4S. The van der Waals surface area contributed by atoms with E-state index in [0.29, 0.717) is 6.04 Å². The van der Waals surface area contributed by atoms with Gasteiger partial charge >= 0.3 is 0 Å². The van der Waals surface area contributed by atoms with Gasteiger partial charge in [-0.2, -0.15) is 0 Å². The lowest BCUT2D eigenvalue weighted by Crippen LogP contribution is -2.26. The van der Waals surface area contributed by atoms with E-state index in [2.05, 4.69) is 41.2 Å². The SMILES string of the molecule is CCCNc1nnc(CN2CC(C)CC2C)s1. The summed E-state index contributed by atoms with van der Waals surface area (Å²) >= 11 is 1.69. The van der Waals surface area contributed by atoms with E-state index in [9.17, 15) is 0 Å². The van der Waals surface area contributed by atoms with E-state index >= 15 is 0 Å². The second-order valence-corrected chi connectivity index (χ2v) is 6.11. The fraction of sp³-hybridized carbons (Fsp3) is 0.833. The maximum Gasteiger partial charge on any atom is 0.205 e. The molecule has 17 heavy (non-hydrogen) atoms. The van der Waals surface area contributed by atoms with Crippen LogP contribution in [0.4, 0.5) is 5.13 Å². The molecule has 5 heteroatoms. The third-order valence-corrected chi connectivity index (χ3v) is 4.11. The third-order valence-electron chi connectivity index (χ3n) is 3.24. The first kappa shape index (κ1) is 12.8. The molecule has 0 aromatic carbocycles. The summed E-state index contributed by atoms with van der Waals surface area (Å²) in [6.45, 7) is 9.91. The van der Waals surface area contributed by atoms with Gasteiger partial charge in [0.2, 0.25) is 5.13 Å². The summed E-state index contributed by atoms with van der Waals surface area (Å²) in [7, 11) is 0. The molecule has 1 aromatic heterocycles. The molecule has 1 saturated heterocycles. The lowest BCUT2D eigenvalue weighted by Gasteiger charge is -2.18. The lowest BCUT2D eigenvalue weighted by atomic mass is 10.1. The van der Waals surface area contributed by atoms with Gasteiger partial charge in [0.15, 0.2) is 0 Å². The Balaban J connectivity index is 1.88. The Morgan fingerprint density at radius 3 is 2.88 bits per heavy atom. The van der Waals surface area contributed by atoms with Gasteiger partial charge < -0.3 is 5.32 Å². The maximum atomic E-state index is 4.26. The number of nitrogens with one attached hydrogen (secondary N) is 1. The zero-order chi connectivity index (χ0) is 12.3. The van der Waals surface area contributed by atoms with Gasteiger partial charge in [-0.1, -0.05) is 25.2 Å². The molecule has 1 aliphatic heterocycles. The molecule has 0 spiro atoms. The van der Waals surface area contributed by atoms with E-state index in [0.717, 1.165) is 35.6 Å². The van der Waals surface area contributed by atoms with Gasteiger partial charge in [-0.25, -0.2) is 0 Å². The summed E-state index contributed by atoms with van der Waals surface area (Å²) < 4.78 is 0. The molecule has 4 nitrogen and oxygen atoms in total. The van der Waals surface area contributed by atoms with Crippen molar-refractivity contribution in [3.63, 3.8) is 0 Å². The van der Waals surface area contributed by atoms with Crippen LogP contribution in [0.3, 0.4) is 0 Å². The fourth-order valence-corrected chi connectivity index (χ4v) is 3.19. The number of nitrogens with zero attached hydrogens (tertiary/aromatic N) is 3. The van der Waals surface area contributed by atoms with Crippen LogP contribution in [0.1, 0.15) is 38.6 Å². The summed E-state index contributed by atoms with van der Waals surface area (Å²) in [5.41, 5.74) is 0. The Bertz CT molecular complexity index is 352. The monoisotopic (exact) mass is 254 g/mol. The summed E-state index contributed by atoms with van der Waals surface area (Å²) in [5.74, 6) is 0.815. The second kappa shape index (κ2) is 5.78. The third kappa shape index (κ3) is 3.39. The molecule has 1 aliphatic rings. The maximum absolute atomic E-state index is 4.26. The summed E-state index contributed by atoms with van der Waals surface area (Å²) in [4.78, 5) is 2.51. The van der Waals surface area contributed by atoms with Crippen molar-refractivity contribution in [1.82, 2.24) is 15.1 Å². The molecule has 0 bridgehead atoms. The van der Waals surface area contributed by atoms with E-state index in [1.165, 1.54) is 13.0 Å². The van der Waals surface area contributed by atoms with Crippen LogP contribution in [0, 0.1) is 5.92 Å². The molecule has 2 rings (SSSR count). The number of hydrogen-bond donors (Lipinski definition) is 1. The predicted molar refractivity (Wildman–Crippen MR) is 72.3 cm³/mol. The summed E-state index contributed by atoms with van der Waals surface area (Å²) in [6.07, 6.45) is 2.43. The van der Waals surface area contributed by atoms with Crippen LogP contribution in [0.2, 0.25) is 0 Å². The Morgan fingerprint density at radius 2 is 2.24 bits per heavy atom. The van der Waals surface area contributed by atoms with Gasteiger partial charge in [-0.3, -0.25) is 4.90 Å². The van der Waals surface area contributed by atoms with Crippen LogP contribution >= 0.6 is 11.3 Å². The van der Waals surface area contributed by atoms with Gasteiger partial charge in [0, 0.05) is 19.1 Å². The first-order valence-electron chi connectivity index (χ1n) is 6.49. The van der Waals surface area contributed by atoms with Crippen LogP contribution < -0.4 is 5.32 Å². The Hall–Kier alpha value is -0.680. The van der Waals surface area contributed by atoms with E-state index in [1.807, 2.05) is 0 Å². The van der Waals surface area contributed by atoms with Crippen LogP contribution in [0.25, 0.3) is 0 Å². The van der Waals surface area contributed by atoms with Gasteiger partial charge in [-0.05, 0) is 25.7 Å². The number of aromatic nitrogens is 2. The largest absolute Gasteiger partial charge is 0.360 e. The van der Waals surface area contributed by atoms with Gasteiger partial charge in [-0.15, -0.1) is 10.2 Å². The Kier molecular flexibility index (Phi) is 4.34. The van der Waals surface area contributed by atoms with Crippen molar-refractivity contribution in [3.8, 4) is 0 Å². The van der Waals surface area contributed by atoms with E-state index in [1.54, 1.807) is 11.3 Å². The minimum Gasteiger partial charge on any atom is -0.360 e. The van der Waals surface area contributed by atoms with Crippen LogP contribution in [0.5, 0.6) is 0 Å². The van der Waals surface area contributed by atoms with E-state index < -0.39 is 0 Å². The topological polar surface area (TPSA) is 41.1 Å². The molecule has 1 aromatic rings. The molecular weight excluding hydrogens is 232 g/mol. The quantitative estimate of drug-likeness (QED) is 0.877. The highest BCUT2D eigenvalue weighted by Gasteiger charge is 2.26. The van der Waals surface area contributed by atoms with Gasteiger partial charge in [0.1, 0.15) is 5.01 Å². The fourth-order valence-electron chi connectivity index (χ4n) is 2.40. The molecule has 2 heterocycles. The van der Waals surface area contributed by atoms with Crippen molar-refractivity contribution in [3.05, 3.63) is 5.01 Å². The normalized spacial score (nSPS) is 25.4. The minimum atomic E-state index is 0.681.